The minimum absolute atomic E-state index is 0.0703. The van der Waals surface area contributed by atoms with Crippen molar-refractivity contribution in [2.45, 2.75) is 134 Å². The van der Waals surface area contributed by atoms with Gasteiger partial charge in [-0.3, -0.25) is 4.79 Å². The number of hydrogen-bond donors (Lipinski definition) is 3. The number of unbranched alkanes of at least 4 members (excludes halogenated alkanes) is 8. The Balaban J connectivity index is 1.18. The Morgan fingerprint density at radius 1 is 0.944 bits per heavy atom. The number of carbonyl (C=O) groups is 1. The lowest BCUT2D eigenvalue weighted by atomic mass is 9.45. The van der Waals surface area contributed by atoms with E-state index < -0.39 is 11.6 Å². The Kier molecular flexibility index (Phi) is 7.47. The van der Waals surface area contributed by atoms with E-state index in [0.29, 0.717) is 35.3 Å². The lowest BCUT2D eigenvalue weighted by molar-refractivity contribution is -0.137. The number of benzene rings is 1. The highest BCUT2D eigenvalue weighted by atomic mass is 16.4. The summed E-state index contributed by atoms with van der Waals surface area (Å²) in [6, 6.07) is 6.17. The first-order valence-corrected chi connectivity index (χ1v) is 15.1. The van der Waals surface area contributed by atoms with Crippen molar-refractivity contribution in [3.05, 3.63) is 29.3 Å². The number of aliphatic hydroxyl groups is 1. The summed E-state index contributed by atoms with van der Waals surface area (Å²) in [4.78, 5) is 10.6. The molecule has 1 aromatic carbocycles. The van der Waals surface area contributed by atoms with E-state index in [2.05, 4.69) is 13.0 Å². The molecule has 3 saturated carbocycles. The van der Waals surface area contributed by atoms with E-state index in [1.54, 1.807) is 0 Å². The Labute approximate surface area is 217 Å². The van der Waals surface area contributed by atoms with E-state index in [1.807, 2.05) is 12.1 Å². The number of aliphatic carboxylic acids is 1. The van der Waals surface area contributed by atoms with Gasteiger partial charge in [0.15, 0.2) is 0 Å². The molecule has 200 valence electrons. The molecular weight excluding hydrogens is 448 g/mol. The molecule has 4 atom stereocenters. The van der Waals surface area contributed by atoms with Gasteiger partial charge in [-0.05, 0) is 104 Å². The lowest BCUT2D eigenvalue weighted by Crippen LogP contribution is -2.54. The number of carboxylic acid groups (broad SMARTS) is 1. The Morgan fingerprint density at radius 2 is 1.58 bits per heavy atom. The van der Waals surface area contributed by atoms with Crippen LogP contribution in [0.2, 0.25) is 0 Å². The van der Waals surface area contributed by atoms with Gasteiger partial charge in [0.25, 0.3) is 0 Å². The van der Waals surface area contributed by atoms with Crippen molar-refractivity contribution < 1.29 is 20.1 Å². The van der Waals surface area contributed by atoms with Gasteiger partial charge in [-0.2, -0.15) is 0 Å². The van der Waals surface area contributed by atoms with Crippen LogP contribution in [0.3, 0.4) is 0 Å². The van der Waals surface area contributed by atoms with Crippen LogP contribution in [0, 0.1) is 22.7 Å². The largest absolute Gasteiger partial charge is 0.508 e. The Hall–Kier alpha value is -1.55. The zero-order valence-electron chi connectivity index (χ0n) is 22.4. The Morgan fingerprint density at radius 3 is 2.25 bits per heavy atom. The molecule has 1 aromatic rings. The van der Waals surface area contributed by atoms with Gasteiger partial charge in [0.05, 0.1) is 5.60 Å². The SMILES string of the molecule is C[C@]12C[C@H](CCCCCCCCCCCC(=O)O)C3c4ccc(O)cc4CCC3C13CCC2(O)CC3. The van der Waals surface area contributed by atoms with Gasteiger partial charge in [-0.1, -0.05) is 64.4 Å². The number of phenolic OH excluding ortho intramolecular Hbond substituents is 1. The fourth-order valence-electron chi connectivity index (χ4n) is 9.75. The minimum Gasteiger partial charge on any atom is -0.508 e. The van der Waals surface area contributed by atoms with Crippen LogP contribution >= 0.6 is 0 Å². The van der Waals surface area contributed by atoms with Crippen molar-refractivity contribution >= 4 is 5.97 Å². The fourth-order valence-corrected chi connectivity index (χ4v) is 9.75. The number of aryl methyl sites for hydroxylation is 1. The van der Waals surface area contributed by atoms with Gasteiger partial charge in [0, 0.05) is 11.8 Å². The highest BCUT2D eigenvalue weighted by molar-refractivity contribution is 5.66. The van der Waals surface area contributed by atoms with Crippen LogP contribution in [0.25, 0.3) is 0 Å². The second-order valence-corrected chi connectivity index (χ2v) is 13.2. The fraction of sp³-hybridized carbons (Fsp3) is 0.781. The van der Waals surface area contributed by atoms with Crippen LogP contribution in [-0.4, -0.2) is 26.9 Å². The molecule has 5 rings (SSSR count). The second-order valence-electron chi connectivity index (χ2n) is 13.2. The molecule has 4 heteroatoms. The predicted octanol–water partition coefficient (Wildman–Crippen LogP) is 7.75. The number of fused-ring (bicyclic) bond motifs is 3. The molecule has 0 aromatic heterocycles. The van der Waals surface area contributed by atoms with Crippen molar-refractivity contribution in [2.75, 3.05) is 0 Å². The molecular formula is C32H48O4. The number of rotatable bonds is 12. The predicted molar refractivity (Wildman–Crippen MR) is 143 cm³/mol. The van der Waals surface area contributed by atoms with Gasteiger partial charge < -0.3 is 15.3 Å². The van der Waals surface area contributed by atoms with Crippen molar-refractivity contribution in [3.63, 3.8) is 0 Å². The molecule has 0 spiro atoms. The molecule has 0 heterocycles. The normalized spacial score (nSPS) is 36.3. The summed E-state index contributed by atoms with van der Waals surface area (Å²) < 4.78 is 0. The molecule has 4 nitrogen and oxygen atoms in total. The summed E-state index contributed by atoms with van der Waals surface area (Å²) in [6.07, 6.45) is 20.1. The van der Waals surface area contributed by atoms with Gasteiger partial charge >= 0.3 is 5.97 Å². The lowest BCUT2D eigenvalue weighted by Gasteiger charge is -2.59. The van der Waals surface area contributed by atoms with Crippen LogP contribution in [0.5, 0.6) is 5.75 Å². The van der Waals surface area contributed by atoms with E-state index >= 15 is 0 Å². The summed E-state index contributed by atoms with van der Waals surface area (Å²) in [7, 11) is 0. The minimum atomic E-state index is -0.673. The molecule has 4 aliphatic carbocycles. The summed E-state index contributed by atoms with van der Waals surface area (Å²) >= 11 is 0. The molecule has 0 aliphatic heterocycles. The van der Waals surface area contributed by atoms with Gasteiger partial charge in [-0.15, -0.1) is 0 Å². The Bertz CT molecular complexity index is 930. The standard InChI is InChI=1S/C32H48O4/c1-30-22-24(11-9-7-5-3-2-4-6-8-10-12-28(34)35)29-26-15-14-25(33)21-23(26)13-16-27(29)31(30)17-19-32(30,36)20-18-31/h14-15,21,24,27,29,33,36H,2-13,16-20,22H2,1H3,(H,34,35)/t24-,27?,29?,30-,31?,32?/m0/s1. The smallest absolute Gasteiger partial charge is 0.303 e. The third-order valence-corrected chi connectivity index (χ3v) is 11.6. The van der Waals surface area contributed by atoms with Crippen molar-refractivity contribution in [3.8, 4) is 5.75 Å². The molecule has 4 aliphatic rings. The summed E-state index contributed by atoms with van der Waals surface area (Å²) in [5, 5.41) is 30.6. The summed E-state index contributed by atoms with van der Waals surface area (Å²) in [5.41, 5.74) is 2.81. The third-order valence-electron chi connectivity index (χ3n) is 11.6. The van der Waals surface area contributed by atoms with E-state index in [-0.39, 0.29) is 5.41 Å². The van der Waals surface area contributed by atoms with E-state index in [0.717, 1.165) is 38.5 Å². The highest BCUT2D eigenvalue weighted by Gasteiger charge is 2.74. The van der Waals surface area contributed by atoms with E-state index in [1.165, 1.54) is 81.8 Å². The van der Waals surface area contributed by atoms with Gasteiger partial charge in [0.2, 0.25) is 0 Å². The maximum absolute atomic E-state index is 11.7. The van der Waals surface area contributed by atoms with Crippen molar-refractivity contribution in [2.24, 2.45) is 22.7 Å². The van der Waals surface area contributed by atoms with Crippen molar-refractivity contribution in [1.82, 2.24) is 0 Å². The quantitative estimate of drug-likeness (QED) is 0.259. The maximum Gasteiger partial charge on any atom is 0.303 e. The van der Waals surface area contributed by atoms with Crippen LogP contribution in [0.1, 0.15) is 133 Å². The molecule has 36 heavy (non-hydrogen) atoms. The van der Waals surface area contributed by atoms with Crippen LogP contribution < -0.4 is 0 Å². The number of phenols is 1. The van der Waals surface area contributed by atoms with Gasteiger partial charge in [-0.25, -0.2) is 0 Å². The first-order valence-electron chi connectivity index (χ1n) is 15.1. The molecule has 2 bridgehead atoms. The topological polar surface area (TPSA) is 77.8 Å². The average Bonchev–Trinajstić information content (AvgIpc) is 3.21. The molecule has 3 fully saturated rings. The maximum atomic E-state index is 11.7. The third kappa shape index (κ3) is 4.40. The van der Waals surface area contributed by atoms with E-state index in [9.17, 15) is 15.0 Å². The molecule has 0 radical (unpaired) electrons. The first-order chi connectivity index (χ1) is 17.3. The number of hydrogen-bond acceptors (Lipinski definition) is 3. The zero-order valence-corrected chi connectivity index (χ0v) is 22.4. The molecule has 2 unspecified atom stereocenters. The number of carboxylic acids is 1. The monoisotopic (exact) mass is 496 g/mol. The molecule has 3 N–H and O–H groups in total. The highest BCUT2D eigenvalue weighted by Crippen LogP contribution is 2.78. The first kappa shape index (κ1) is 26.1. The van der Waals surface area contributed by atoms with Gasteiger partial charge in [0.1, 0.15) is 5.75 Å². The van der Waals surface area contributed by atoms with Crippen LogP contribution in [0.15, 0.2) is 18.2 Å². The average molecular weight is 497 g/mol. The van der Waals surface area contributed by atoms with Crippen molar-refractivity contribution in [1.29, 1.82) is 0 Å². The molecule has 0 saturated heterocycles. The zero-order chi connectivity index (χ0) is 25.4. The second kappa shape index (κ2) is 10.3. The van der Waals surface area contributed by atoms with Crippen LogP contribution in [0.4, 0.5) is 0 Å². The molecule has 0 amide bonds. The number of aromatic hydroxyl groups is 1. The van der Waals surface area contributed by atoms with Crippen LogP contribution in [-0.2, 0) is 11.2 Å². The van der Waals surface area contributed by atoms with E-state index in [4.69, 9.17) is 5.11 Å². The summed E-state index contributed by atoms with van der Waals surface area (Å²) in [5.74, 6) is 1.63. The summed E-state index contributed by atoms with van der Waals surface area (Å²) in [6.45, 7) is 2.46.